The van der Waals surface area contributed by atoms with Crippen molar-refractivity contribution in [3.8, 4) is 22.6 Å². The van der Waals surface area contributed by atoms with Crippen molar-refractivity contribution in [2.75, 3.05) is 52.3 Å². The third-order valence-corrected chi connectivity index (χ3v) is 7.40. The van der Waals surface area contributed by atoms with Crippen LogP contribution in [0.3, 0.4) is 0 Å². The molecule has 0 radical (unpaired) electrons. The summed E-state index contributed by atoms with van der Waals surface area (Å²) in [6.07, 6.45) is 4.96. The Balaban J connectivity index is 1.37. The average Bonchev–Trinajstić information content (AvgIpc) is 2.98. The first-order valence-electron chi connectivity index (χ1n) is 12.9. The summed E-state index contributed by atoms with van der Waals surface area (Å²) in [5.74, 6) is 1.21. The average molecular weight is 547 g/mol. The van der Waals surface area contributed by atoms with Gasteiger partial charge in [0.25, 0.3) is 5.91 Å². The minimum atomic E-state index is -0.322. The molecule has 39 heavy (non-hydrogen) atoms. The Bertz CT molecular complexity index is 1470. The number of hydrogen-bond acceptors (Lipinski definition) is 8. The van der Waals surface area contributed by atoms with Crippen molar-refractivity contribution in [3.05, 3.63) is 71.1 Å². The van der Waals surface area contributed by atoms with Gasteiger partial charge in [0.2, 0.25) is 0 Å². The van der Waals surface area contributed by atoms with Crippen molar-refractivity contribution in [2.45, 2.75) is 13.5 Å². The number of carbonyl (C=O) groups is 1. The lowest BCUT2D eigenvalue weighted by molar-refractivity contribution is 0.102. The first-order chi connectivity index (χ1) is 19.0. The van der Waals surface area contributed by atoms with Crippen LogP contribution in [0.25, 0.3) is 22.2 Å². The molecule has 0 aliphatic carbocycles. The molecule has 1 fully saturated rings. The van der Waals surface area contributed by atoms with Crippen molar-refractivity contribution in [1.82, 2.24) is 24.8 Å². The van der Waals surface area contributed by atoms with Gasteiger partial charge in [-0.25, -0.2) is 4.98 Å². The molecule has 5 rings (SSSR count). The van der Waals surface area contributed by atoms with E-state index >= 15 is 0 Å². The minimum absolute atomic E-state index is 0.322. The summed E-state index contributed by atoms with van der Waals surface area (Å²) in [5, 5.41) is 3.31. The number of nitrogens with zero attached hydrogens (tertiary/aromatic N) is 5. The van der Waals surface area contributed by atoms with Crippen molar-refractivity contribution < 1.29 is 14.3 Å². The number of rotatable bonds is 8. The quantitative estimate of drug-likeness (QED) is 0.338. The summed E-state index contributed by atoms with van der Waals surface area (Å²) in [6, 6.07) is 10.9. The molecule has 0 spiro atoms. The normalized spacial score (nSPS) is 14.4. The lowest BCUT2D eigenvalue weighted by atomic mass is 10.00. The number of carbonyl (C=O) groups excluding carboxylic acids is 1. The molecule has 10 heteroatoms. The van der Waals surface area contributed by atoms with Crippen molar-refractivity contribution in [3.63, 3.8) is 0 Å². The number of likely N-dealkylation sites (N-methyl/N-ethyl adjacent to an activating group) is 1. The molecule has 1 N–H and O–H groups in total. The number of halogens is 1. The SMILES string of the molecule is CCN1CCN(Cc2ccc(NC(=O)c3ccc(-c4cc(OC)cc(OC)c4Cl)c4nccnc34)nc2)CC1. The Morgan fingerprint density at radius 1 is 0.923 bits per heavy atom. The van der Waals surface area contributed by atoms with Crippen LogP contribution in [0.4, 0.5) is 5.82 Å². The van der Waals surface area contributed by atoms with E-state index in [-0.39, 0.29) is 5.91 Å². The number of nitrogens with one attached hydrogen (secondary N) is 1. The molecule has 9 nitrogen and oxygen atoms in total. The van der Waals surface area contributed by atoms with Crippen LogP contribution in [0.5, 0.6) is 11.5 Å². The summed E-state index contributed by atoms with van der Waals surface area (Å²) >= 11 is 6.65. The maximum absolute atomic E-state index is 13.3. The first-order valence-corrected chi connectivity index (χ1v) is 13.2. The molecule has 1 saturated heterocycles. The standard InChI is InChI=1S/C29H31ClN6O3/c1-4-35-11-13-36(14-12-35)18-19-5-8-25(33-17-19)34-29(37)22-7-6-21(27-28(22)32-10-9-31-27)23-15-20(38-2)16-24(39-3)26(23)30/h5-10,15-17H,4,11-14,18H2,1-3H3,(H,33,34,37). The molecule has 1 amide bonds. The van der Waals surface area contributed by atoms with E-state index in [4.69, 9.17) is 21.1 Å². The van der Waals surface area contributed by atoms with E-state index in [2.05, 4.69) is 37.0 Å². The largest absolute Gasteiger partial charge is 0.497 e. The second-order valence-electron chi connectivity index (χ2n) is 9.32. The summed E-state index contributed by atoms with van der Waals surface area (Å²) in [5.41, 5.74) is 3.86. The number of anilines is 1. The van der Waals surface area contributed by atoms with Crippen LogP contribution < -0.4 is 14.8 Å². The molecular formula is C29H31ClN6O3. The number of piperazine rings is 1. The maximum atomic E-state index is 13.3. The maximum Gasteiger partial charge on any atom is 0.259 e. The second kappa shape index (κ2) is 11.9. The first kappa shape index (κ1) is 26.8. The molecule has 4 aromatic rings. The Morgan fingerprint density at radius 3 is 2.33 bits per heavy atom. The van der Waals surface area contributed by atoms with E-state index in [0.29, 0.717) is 50.1 Å². The van der Waals surface area contributed by atoms with Gasteiger partial charge in [-0.15, -0.1) is 0 Å². The monoisotopic (exact) mass is 546 g/mol. The molecule has 0 bridgehead atoms. The Morgan fingerprint density at radius 2 is 1.67 bits per heavy atom. The summed E-state index contributed by atoms with van der Waals surface area (Å²) in [4.78, 5) is 31.7. The number of benzene rings is 2. The molecule has 1 aliphatic rings. The predicted molar refractivity (Wildman–Crippen MR) is 153 cm³/mol. The fourth-order valence-electron chi connectivity index (χ4n) is 4.79. The van der Waals surface area contributed by atoms with Crippen LogP contribution in [0.1, 0.15) is 22.8 Å². The lowest BCUT2D eigenvalue weighted by Crippen LogP contribution is -2.45. The Labute approximate surface area is 232 Å². The van der Waals surface area contributed by atoms with Crippen molar-refractivity contribution in [1.29, 1.82) is 0 Å². The van der Waals surface area contributed by atoms with Crippen molar-refractivity contribution in [2.24, 2.45) is 0 Å². The highest BCUT2D eigenvalue weighted by Crippen LogP contribution is 2.41. The van der Waals surface area contributed by atoms with E-state index in [1.807, 2.05) is 24.4 Å². The van der Waals surface area contributed by atoms with E-state index in [1.54, 1.807) is 44.8 Å². The molecule has 3 heterocycles. The van der Waals surface area contributed by atoms with Gasteiger partial charge in [-0.3, -0.25) is 19.7 Å². The molecule has 0 atom stereocenters. The van der Waals surface area contributed by atoms with Crippen LogP contribution in [0.2, 0.25) is 5.02 Å². The van der Waals surface area contributed by atoms with Crippen LogP contribution in [-0.4, -0.2) is 77.6 Å². The zero-order valence-corrected chi connectivity index (χ0v) is 23.0. The highest BCUT2D eigenvalue weighted by molar-refractivity contribution is 6.35. The fourth-order valence-corrected chi connectivity index (χ4v) is 5.08. The molecule has 202 valence electrons. The molecule has 0 saturated carbocycles. The van der Waals surface area contributed by atoms with Gasteiger partial charge in [0, 0.05) is 68.5 Å². The van der Waals surface area contributed by atoms with Crippen LogP contribution in [-0.2, 0) is 6.54 Å². The number of methoxy groups -OCH3 is 2. The minimum Gasteiger partial charge on any atom is -0.497 e. The summed E-state index contributed by atoms with van der Waals surface area (Å²) in [6.45, 7) is 8.41. The smallest absolute Gasteiger partial charge is 0.259 e. The fraction of sp³-hybridized carbons (Fsp3) is 0.310. The number of pyridine rings is 1. The molecule has 0 unspecified atom stereocenters. The third-order valence-electron chi connectivity index (χ3n) is 7.01. The van der Waals surface area contributed by atoms with Gasteiger partial charge < -0.3 is 19.7 Å². The number of fused-ring (bicyclic) bond motifs is 1. The third kappa shape index (κ3) is 5.80. The summed E-state index contributed by atoms with van der Waals surface area (Å²) in [7, 11) is 3.12. The van der Waals surface area contributed by atoms with Crippen LogP contribution >= 0.6 is 11.6 Å². The van der Waals surface area contributed by atoms with Crippen LogP contribution in [0.15, 0.2) is 55.0 Å². The number of hydrogen-bond donors (Lipinski definition) is 1. The van der Waals surface area contributed by atoms with E-state index < -0.39 is 0 Å². The van der Waals surface area contributed by atoms with Gasteiger partial charge in [-0.05, 0) is 30.3 Å². The zero-order chi connectivity index (χ0) is 27.4. The Hall–Kier alpha value is -3.79. The van der Waals surface area contributed by atoms with Crippen LogP contribution in [0, 0.1) is 0 Å². The van der Waals surface area contributed by atoms with E-state index in [1.165, 1.54) is 0 Å². The molecule has 2 aromatic carbocycles. The predicted octanol–water partition coefficient (Wildman–Crippen LogP) is 4.75. The van der Waals surface area contributed by atoms with Gasteiger partial charge >= 0.3 is 0 Å². The zero-order valence-electron chi connectivity index (χ0n) is 22.3. The lowest BCUT2D eigenvalue weighted by Gasteiger charge is -2.33. The number of aromatic nitrogens is 3. The highest BCUT2D eigenvalue weighted by atomic mass is 35.5. The van der Waals surface area contributed by atoms with Gasteiger partial charge in [0.05, 0.1) is 30.3 Å². The number of amides is 1. The van der Waals surface area contributed by atoms with Gasteiger partial charge in [0.15, 0.2) is 0 Å². The van der Waals surface area contributed by atoms with Crippen molar-refractivity contribution >= 4 is 34.4 Å². The van der Waals surface area contributed by atoms with Gasteiger partial charge in [0.1, 0.15) is 22.8 Å². The molecular weight excluding hydrogens is 516 g/mol. The number of ether oxygens (including phenoxy) is 2. The summed E-state index contributed by atoms with van der Waals surface area (Å²) < 4.78 is 10.8. The van der Waals surface area contributed by atoms with E-state index in [9.17, 15) is 4.79 Å². The topological polar surface area (TPSA) is 92.7 Å². The van der Waals surface area contributed by atoms with Gasteiger partial charge in [-0.1, -0.05) is 30.7 Å². The Kier molecular flexibility index (Phi) is 8.21. The highest BCUT2D eigenvalue weighted by Gasteiger charge is 2.20. The second-order valence-corrected chi connectivity index (χ2v) is 9.70. The van der Waals surface area contributed by atoms with E-state index in [0.717, 1.165) is 44.8 Å². The molecule has 2 aromatic heterocycles. The van der Waals surface area contributed by atoms with Gasteiger partial charge in [-0.2, -0.15) is 0 Å². The molecule has 1 aliphatic heterocycles.